The van der Waals surface area contributed by atoms with Crippen LogP contribution in [0.25, 0.3) is 0 Å². The van der Waals surface area contributed by atoms with Crippen LogP contribution in [0.1, 0.15) is 13.3 Å². The van der Waals surface area contributed by atoms with Crippen LogP contribution in [0.2, 0.25) is 0 Å². The van der Waals surface area contributed by atoms with Crippen molar-refractivity contribution in [1.82, 2.24) is 9.97 Å². The normalized spacial score (nSPS) is 11.1. The van der Waals surface area contributed by atoms with Crippen LogP contribution in [0.4, 0.5) is 11.4 Å². The molecule has 1 aromatic carbocycles. The molecule has 104 valence electrons. The fraction of sp³-hybridized carbons (Fsp3) is 0.231. The van der Waals surface area contributed by atoms with Gasteiger partial charge < -0.3 is 10.2 Å². The molecule has 7 heteroatoms. The van der Waals surface area contributed by atoms with E-state index in [9.17, 15) is 10.2 Å². The zero-order valence-electron chi connectivity index (χ0n) is 10.9. The molecule has 0 saturated heterocycles. The van der Waals surface area contributed by atoms with Crippen molar-refractivity contribution in [2.75, 3.05) is 5.75 Å². The van der Waals surface area contributed by atoms with Gasteiger partial charge in [-0.15, -0.1) is 5.11 Å². The van der Waals surface area contributed by atoms with Crippen LogP contribution in [-0.4, -0.2) is 25.9 Å². The zero-order valence-corrected chi connectivity index (χ0v) is 11.7. The van der Waals surface area contributed by atoms with Gasteiger partial charge in [0.25, 0.3) is 0 Å². The number of thioether (sulfide) groups is 1. The van der Waals surface area contributed by atoms with E-state index < -0.39 is 0 Å². The molecule has 0 unspecified atom stereocenters. The molecule has 0 aliphatic heterocycles. The third-order valence-electron chi connectivity index (χ3n) is 2.28. The molecule has 2 N–H and O–H groups in total. The Labute approximate surface area is 120 Å². The lowest BCUT2D eigenvalue weighted by molar-refractivity contribution is 0.414. The van der Waals surface area contributed by atoms with Gasteiger partial charge in [0.05, 0.1) is 5.69 Å². The maximum absolute atomic E-state index is 9.77. The lowest BCUT2D eigenvalue weighted by Crippen LogP contribution is -1.89. The molecule has 20 heavy (non-hydrogen) atoms. The highest BCUT2D eigenvalue weighted by Crippen LogP contribution is 2.35. The second kappa shape index (κ2) is 6.85. The van der Waals surface area contributed by atoms with Crippen molar-refractivity contribution < 1.29 is 10.2 Å². The Bertz CT molecular complexity index is 582. The Hall–Kier alpha value is -2.15. The number of hydrogen-bond donors (Lipinski definition) is 2. The summed E-state index contributed by atoms with van der Waals surface area (Å²) >= 11 is 1.36. The summed E-state index contributed by atoms with van der Waals surface area (Å²) < 4.78 is 0. The van der Waals surface area contributed by atoms with E-state index in [4.69, 9.17) is 0 Å². The first kappa shape index (κ1) is 14.3. The van der Waals surface area contributed by atoms with Crippen LogP contribution in [0.5, 0.6) is 11.8 Å². The summed E-state index contributed by atoms with van der Waals surface area (Å²) in [7, 11) is 0. The standard InChI is InChI=1S/C13H14N4O2S/c1-2-8-20-13-14-11(18)10(12(19)15-13)17-16-9-6-4-3-5-7-9/h3-7H,2,8H2,1H3,(H2,14,15,18,19). The average molecular weight is 290 g/mol. The minimum absolute atomic E-state index is 0.130. The van der Waals surface area contributed by atoms with Gasteiger partial charge in [0.2, 0.25) is 17.4 Å². The van der Waals surface area contributed by atoms with Gasteiger partial charge in [-0.25, -0.2) is 0 Å². The fourth-order valence-corrected chi connectivity index (χ4v) is 2.05. The summed E-state index contributed by atoms with van der Waals surface area (Å²) in [4.78, 5) is 7.75. The number of aromatic nitrogens is 2. The molecule has 0 amide bonds. The van der Waals surface area contributed by atoms with E-state index in [0.717, 1.165) is 12.2 Å². The Morgan fingerprint density at radius 3 is 2.30 bits per heavy atom. The van der Waals surface area contributed by atoms with Gasteiger partial charge in [-0.1, -0.05) is 36.9 Å². The average Bonchev–Trinajstić information content (AvgIpc) is 2.45. The molecule has 2 rings (SSSR count). The zero-order chi connectivity index (χ0) is 14.4. The maximum atomic E-state index is 9.77. The van der Waals surface area contributed by atoms with E-state index in [1.54, 1.807) is 12.1 Å². The van der Waals surface area contributed by atoms with Crippen LogP contribution in [0, 0.1) is 0 Å². The first-order valence-corrected chi connectivity index (χ1v) is 7.09. The summed E-state index contributed by atoms with van der Waals surface area (Å²) in [6.07, 6.45) is 0.949. The molecule has 0 aliphatic carbocycles. The van der Waals surface area contributed by atoms with Crippen molar-refractivity contribution in [3.05, 3.63) is 30.3 Å². The summed E-state index contributed by atoms with van der Waals surface area (Å²) in [5, 5.41) is 27.6. The predicted octanol–water partition coefficient (Wildman–Crippen LogP) is 3.81. The number of nitrogens with zero attached hydrogens (tertiary/aromatic N) is 4. The van der Waals surface area contributed by atoms with Gasteiger partial charge in [0.15, 0.2) is 5.16 Å². The van der Waals surface area contributed by atoms with Crippen molar-refractivity contribution in [2.45, 2.75) is 18.5 Å². The third-order valence-corrected chi connectivity index (χ3v) is 3.34. The SMILES string of the molecule is CCCSc1nc(O)c(N=Nc2ccccc2)c(O)n1. The summed E-state index contributed by atoms with van der Waals surface area (Å²) in [5.41, 5.74) is 0.477. The molecule has 1 heterocycles. The second-order valence-electron chi connectivity index (χ2n) is 3.89. The second-order valence-corrected chi connectivity index (χ2v) is 4.95. The maximum Gasteiger partial charge on any atom is 0.247 e. The Kier molecular flexibility index (Phi) is 4.89. The highest BCUT2D eigenvalue weighted by molar-refractivity contribution is 7.99. The Morgan fingerprint density at radius 1 is 1.05 bits per heavy atom. The van der Waals surface area contributed by atoms with Gasteiger partial charge in [-0.3, -0.25) is 0 Å². The Morgan fingerprint density at radius 2 is 1.70 bits per heavy atom. The van der Waals surface area contributed by atoms with Gasteiger partial charge >= 0.3 is 0 Å². The molecular formula is C13H14N4O2S. The smallest absolute Gasteiger partial charge is 0.247 e. The molecule has 0 radical (unpaired) electrons. The molecule has 0 bridgehead atoms. The first-order valence-electron chi connectivity index (χ1n) is 6.10. The van der Waals surface area contributed by atoms with Crippen LogP contribution >= 0.6 is 11.8 Å². The van der Waals surface area contributed by atoms with Crippen molar-refractivity contribution in [1.29, 1.82) is 0 Å². The summed E-state index contributed by atoms with van der Waals surface area (Å²) in [6.45, 7) is 2.02. The van der Waals surface area contributed by atoms with Gasteiger partial charge in [-0.2, -0.15) is 15.1 Å². The number of azo groups is 1. The van der Waals surface area contributed by atoms with Gasteiger partial charge in [0.1, 0.15) is 0 Å². The Balaban J connectivity index is 2.22. The summed E-state index contributed by atoms with van der Waals surface area (Å²) in [5.74, 6) is 0.0515. The molecule has 0 aliphatic rings. The number of hydrogen-bond acceptors (Lipinski definition) is 7. The van der Waals surface area contributed by atoms with Crippen LogP contribution in [-0.2, 0) is 0 Å². The third kappa shape index (κ3) is 3.67. The van der Waals surface area contributed by atoms with Gasteiger partial charge in [0, 0.05) is 5.75 Å². The predicted molar refractivity (Wildman–Crippen MR) is 77.0 cm³/mol. The molecule has 6 nitrogen and oxygen atoms in total. The molecule has 0 spiro atoms. The summed E-state index contributed by atoms with van der Waals surface area (Å²) in [6, 6.07) is 8.99. The fourth-order valence-electron chi connectivity index (χ4n) is 1.36. The van der Waals surface area contributed by atoms with E-state index >= 15 is 0 Å². The van der Waals surface area contributed by atoms with Crippen molar-refractivity contribution in [3.63, 3.8) is 0 Å². The number of rotatable bonds is 5. The quantitative estimate of drug-likeness (QED) is 0.496. The largest absolute Gasteiger partial charge is 0.491 e. The molecule has 1 aromatic heterocycles. The minimum atomic E-state index is -0.379. The topological polar surface area (TPSA) is 91.0 Å². The van der Waals surface area contributed by atoms with E-state index in [0.29, 0.717) is 10.8 Å². The van der Waals surface area contributed by atoms with Gasteiger partial charge in [-0.05, 0) is 18.6 Å². The van der Waals surface area contributed by atoms with E-state index in [-0.39, 0.29) is 17.4 Å². The molecule has 0 saturated carbocycles. The number of aromatic hydroxyl groups is 2. The lowest BCUT2D eigenvalue weighted by Gasteiger charge is -2.03. The highest BCUT2D eigenvalue weighted by atomic mass is 32.2. The van der Waals surface area contributed by atoms with Crippen LogP contribution < -0.4 is 0 Å². The minimum Gasteiger partial charge on any atom is -0.491 e. The molecule has 0 fully saturated rings. The molecule has 2 aromatic rings. The van der Waals surface area contributed by atoms with E-state index in [1.807, 2.05) is 25.1 Å². The highest BCUT2D eigenvalue weighted by Gasteiger charge is 2.13. The van der Waals surface area contributed by atoms with E-state index in [1.165, 1.54) is 11.8 Å². The number of benzene rings is 1. The van der Waals surface area contributed by atoms with Crippen molar-refractivity contribution in [2.24, 2.45) is 10.2 Å². The van der Waals surface area contributed by atoms with Crippen LogP contribution in [0.3, 0.4) is 0 Å². The molecular weight excluding hydrogens is 276 g/mol. The van der Waals surface area contributed by atoms with Crippen LogP contribution in [0.15, 0.2) is 45.7 Å². The van der Waals surface area contributed by atoms with E-state index in [2.05, 4.69) is 20.2 Å². The van der Waals surface area contributed by atoms with Crippen molar-refractivity contribution in [3.8, 4) is 11.8 Å². The monoisotopic (exact) mass is 290 g/mol. The van der Waals surface area contributed by atoms with Crippen molar-refractivity contribution >= 4 is 23.1 Å². The molecule has 0 atom stereocenters. The first-order chi connectivity index (χ1) is 9.70. The lowest BCUT2D eigenvalue weighted by atomic mass is 10.3.